The van der Waals surface area contributed by atoms with Crippen molar-refractivity contribution in [3.05, 3.63) is 23.8 Å². The molecule has 0 saturated heterocycles. The fourth-order valence-electron chi connectivity index (χ4n) is 1.97. The molecule has 0 radical (unpaired) electrons. The third kappa shape index (κ3) is 4.20. The predicted octanol–water partition coefficient (Wildman–Crippen LogP) is 1.91. The molecule has 0 bridgehead atoms. The number of nitrogens with zero attached hydrogens (tertiary/aromatic N) is 1. The number of ether oxygens (including phenoxy) is 2. The summed E-state index contributed by atoms with van der Waals surface area (Å²) in [6.07, 6.45) is 1.06. The van der Waals surface area contributed by atoms with Crippen molar-refractivity contribution in [1.82, 2.24) is 4.90 Å². The molecule has 0 amide bonds. The molecule has 1 rings (SSSR count). The topological polar surface area (TPSA) is 41.9 Å². The lowest BCUT2D eigenvalue weighted by molar-refractivity contribution is 0.189. The van der Waals surface area contributed by atoms with Crippen molar-refractivity contribution >= 4 is 0 Å². The highest BCUT2D eigenvalue weighted by Crippen LogP contribution is 2.25. The van der Waals surface area contributed by atoms with Gasteiger partial charge in [0.15, 0.2) is 0 Å². The Morgan fingerprint density at radius 3 is 2.50 bits per heavy atom. The molecule has 0 aliphatic heterocycles. The van der Waals surface area contributed by atoms with Crippen LogP contribution in [0, 0.1) is 0 Å². The molecule has 1 aromatic carbocycles. The lowest BCUT2D eigenvalue weighted by atomic mass is 10.1. The standard InChI is InChI=1S/C14H23NO3/c1-4-7-15(8-9-16)11-12-10-13(17-2)5-6-14(12)18-3/h5-6,10,16H,4,7-9,11H2,1-3H3. The lowest BCUT2D eigenvalue weighted by Gasteiger charge is -2.22. The minimum absolute atomic E-state index is 0.173. The van der Waals surface area contributed by atoms with Crippen LogP contribution in [-0.2, 0) is 6.54 Å². The first kappa shape index (κ1) is 14.8. The summed E-state index contributed by atoms with van der Waals surface area (Å²) in [5.41, 5.74) is 1.08. The summed E-state index contributed by atoms with van der Waals surface area (Å²) >= 11 is 0. The molecule has 0 aliphatic rings. The van der Waals surface area contributed by atoms with Gasteiger partial charge in [0, 0.05) is 18.7 Å². The Labute approximate surface area is 109 Å². The monoisotopic (exact) mass is 253 g/mol. The number of benzene rings is 1. The van der Waals surface area contributed by atoms with Crippen LogP contribution in [0.5, 0.6) is 11.5 Å². The first-order valence-corrected chi connectivity index (χ1v) is 6.29. The van der Waals surface area contributed by atoms with Gasteiger partial charge in [-0.2, -0.15) is 0 Å². The summed E-state index contributed by atoms with van der Waals surface area (Å²) in [6, 6.07) is 5.79. The number of rotatable bonds is 8. The molecule has 0 aromatic heterocycles. The van der Waals surface area contributed by atoms with Crippen LogP contribution < -0.4 is 9.47 Å². The maximum atomic E-state index is 9.07. The van der Waals surface area contributed by atoms with E-state index < -0.39 is 0 Å². The second kappa shape index (κ2) is 7.95. The largest absolute Gasteiger partial charge is 0.497 e. The second-order valence-corrected chi connectivity index (χ2v) is 4.18. The third-order valence-corrected chi connectivity index (χ3v) is 2.84. The normalized spacial score (nSPS) is 10.7. The highest BCUT2D eigenvalue weighted by Gasteiger charge is 2.10. The number of hydrogen-bond acceptors (Lipinski definition) is 4. The van der Waals surface area contributed by atoms with Crippen LogP contribution in [0.1, 0.15) is 18.9 Å². The van der Waals surface area contributed by atoms with E-state index in [0.29, 0.717) is 6.54 Å². The summed E-state index contributed by atoms with van der Waals surface area (Å²) in [5.74, 6) is 1.68. The van der Waals surface area contributed by atoms with Crippen LogP contribution >= 0.6 is 0 Å². The zero-order chi connectivity index (χ0) is 13.4. The van der Waals surface area contributed by atoms with Gasteiger partial charge in [-0.15, -0.1) is 0 Å². The highest BCUT2D eigenvalue weighted by atomic mass is 16.5. The third-order valence-electron chi connectivity index (χ3n) is 2.84. The number of methoxy groups -OCH3 is 2. The van der Waals surface area contributed by atoms with Crippen molar-refractivity contribution in [1.29, 1.82) is 0 Å². The van der Waals surface area contributed by atoms with Crippen LogP contribution in [0.25, 0.3) is 0 Å². The average molecular weight is 253 g/mol. The molecule has 0 aliphatic carbocycles. The van der Waals surface area contributed by atoms with Gasteiger partial charge in [-0.1, -0.05) is 6.92 Å². The molecule has 102 valence electrons. The van der Waals surface area contributed by atoms with E-state index in [1.807, 2.05) is 18.2 Å². The minimum Gasteiger partial charge on any atom is -0.497 e. The SMILES string of the molecule is CCCN(CCO)Cc1cc(OC)ccc1OC. The smallest absolute Gasteiger partial charge is 0.123 e. The maximum absolute atomic E-state index is 9.07. The van der Waals surface area contributed by atoms with Crippen LogP contribution in [0.3, 0.4) is 0 Å². The van der Waals surface area contributed by atoms with Gasteiger partial charge in [0.05, 0.1) is 20.8 Å². The zero-order valence-corrected chi connectivity index (χ0v) is 11.5. The van der Waals surface area contributed by atoms with Crippen molar-refractivity contribution in [2.45, 2.75) is 19.9 Å². The Morgan fingerprint density at radius 2 is 1.94 bits per heavy atom. The molecule has 18 heavy (non-hydrogen) atoms. The Hall–Kier alpha value is -1.26. The van der Waals surface area contributed by atoms with Crippen molar-refractivity contribution in [3.63, 3.8) is 0 Å². The summed E-state index contributed by atoms with van der Waals surface area (Å²) in [7, 11) is 3.32. The van der Waals surface area contributed by atoms with Gasteiger partial charge in [-0.05, 0) is 31.2 Å². The molecule has 0 atom stereocenters. The Bertz CT molecular complexity index is 349. The van der Waals surface area contributed by atoms with Crippen LogP contribution in [0.2, 0.25) is 0 Å². The van der Waals surface area contributed by atoms with Crippen LogP contribution in [0.4, 0.5) is 0 Å². The van der Waals surface area contributed by atoms with E-state index >= 15 is 0 Å². The molecule has 0 unspecified atom stereocenters. The molecular formula is C14H23NO3. The van der Waals surface area contributed by atoms with E-state index in [1.54, 1.807) is 14.2 Å². The summed E-state index contributed by atoms with van der Waals surface area (Å²) in [5, 5.41) is 9.07. The van der Waals surface area contributed by atoms with E-state index in [4.69, 9.17) is 14.6 Å². The maximum Gasteiger partial charge on any atom is 0.123 e. The molecule has 1 aromatic rings. The second-order valence-electron chi connectivity index (χ2n) is 4.18. The Kier molecular flexibility index (Phi) is 6.54. The van der Waals surface area contributed by atoms with Gasteiger partial charge in [-0.25, -0.2) is 0 Å². The van der Waals surface area contributed by atoms with Gasteiger partial charge in [0.1, 0.15) is 11.5 Å². The van der Waals surface area contributed by atoms with E-state index in [1.165, 1.54) is 0 Å². The fourth-order valence-corrected chi connectivity index (χ4v) is 1.97. The first-order chi connectivity index (χ1) is 8.74. The average Bonchev–Trinajstić information content (AvgIpc) is 2.39. The van der Waals surface area contributed by atoms with Crippen molar-refractivity contribution < 1.29 is 14.6 Å². The molecule has 0 fully saturated rings. The van der Waals surface area contributed by atoms with Crippen LogP contribution in [-0.4, -0.2) is 43.9 Å². The highest BCUT2D eigenvalue weighted by molar-refractivity contribution is 5.40. The molecule has 4 heteroatoms. The van der Waals surface area contributed by atoms with Gasteiger partial charge < -0.3 is 14.6 Å². The number of aliphatic hydroxyl groups excluding tert-OH is 1. The summed E-state index contributed by atoms with van der Waals surface area (Å²) in [6.45, 7) is 4.70. The number of aliphatic hydroxyl groups is 1. The van der Waals surface area contributed by atoms with E-state index in [0.717, 1.165) is 36.6 Å². The fraction of sp³-hybridized carbons (Fsp3) is 0.571. The van der Waals surface area contributed by atoms with Gasteiger partial charge in [0.25, 0.3) is 0 Å². The first-order valence-electron chi connectivity index (χ1n) is 6.29. The minimum atomic E-state index is 0.173. The molecule has 0 saturated carbocycles. The molecule has 4 nitrogen and oxygen atoms in total. The molecular weight excluding hydrogens is 230 g/mol. The number of hydrogen-bond donors (Lipinski definition) is 1. The van der Waals surface area contributed by atoms with Crippen LogP contribution in [0.15, 0.2) is 18.2 Å². The van der Waals surface area contributed by atoms with Gasteiger partial charge in [-0.3, -0.25) is 4.90 Å². The zero-order valence-electron chi connectivity index (χ0n) is 11.5. The summed E-state index contributed by atoms with van der Waals surface area (Å²) in [4.78, 5) is 2.21. The molecule has 0 heterocycles. The van der Waals surface area contributed by atoms with Crippen molar-refractivity contribution in [2.75, 3.05) is 33.9 Å². The van der Waals surface area contributed by atoms with Crippen molar-refractivity contribution in [3.8, 4) is 11.5 Å². The van der Waals surface area contributed by atoms with E-state index in [2.05, 4.69) is 11.8 Å². The summed E-state index contributed by atoms with van der Waals surface area (Å²) < 4.78 is 10.6. The quantitative estimate of drug-likeness (QED) is 0.768. The predicted molar refractivity (Wildman–Crippen MR) is 72.2 cm³/mol. The molecule has 1 N–H and O–H groups in total. The lowest BCUT2D eigenvalue weighted by Crippen LogP contribution is -2.27. The van der Waals surface area contributed by atoms with Crippen molar-refractivity contribution in [2.24, 2.45) is 0 Å². The van der Waals surface area contributed by atoms with E-state index in [-0.39, 0.29) is 6.61 Å². The molecule has 0 spiro atoms. The van der Waals surface area contributed by atoms with Gasteiger partial charge in [0.2, 0.25) is 0 Å². The van der Waals surface area contributed by atoms with Gasteiger partial charge >= 0.3 is 0 Å². The Morgan fingerprint density at radius 1 is 1.17 bits per heavy atom. The Balaban J connectivity index is 2.84. The van der Waals surface area contributed by atoms with E-state index in [9.17, 15) is 0 Å².